The number of carboxylic acid groups (broad SMARTS) is 1. The maximum atomic E-state index is 12.3. The van der Waals surface area contributed by atoms with E-state index in [0.717, 1.165) is 0 Å². The van der Waals surface area contributed by atoms with Crippen molar-refractivity contribution in [3.63, 3.8) is 0 Å². The predicted molar refractivity (Wildman–Crippen MR) is 71.1 cm³/mol. The normalized spacial score (nSPS) is 24.8. The van der Waals surface area contributed by atoms with Crippen LogP contribution in [0.2, 0.25) is 0 Å². The summed E-state index contributed by atoms with van der Waals surface area (Å²) < 4.78 is 0. The van der Waals surface area contributed by atoms with Crippen LogP contribution in [-0.4, -0.2) is 58.1 Å². The van der Waals surface area contributed by atoms with Gasteiger partial charge in [0.2, 0.25) is 0 Å². The third-order valence-corrected chi connectivity index (χ3v) is 4.05. The fourth-order valence-corrected chi connectivity index (χ4v) is 3.01. The average Bonchev–Trinajstić information content (AvgIpc) is 2.96. The molecule has 2 aliphatic heterocycles. The van der Waals surface area contributed by atoms with Crippen LogP contribution in [0.4, 0.5) is 10.5 Å². The lowest BCUT2D eigenvalue weighted by atomic mass is 10.0. The number of hydrogen-bond donors (Lipinski definition) is 2. The first-order valence-corrected chi connectivity index (χ1v) is 6.53. The number of amides is 2. The molecule has 106 valence electrons. The van der Waals surface area contributed by atoms with E-state index in [1.807, 2.05) is 0 Å². The summed E-state index contributed by atoms with van der Waals surface area (Å²) in [5.74, 6) is 0.369. The van der Waals surface area contributed by atoms with Gasteiger partial charge in [-0.1, -0.05) is 0 Å². The van der Waals surface area contributed by atoms with Crippen molar-refractivity contribution in [2.75, 3.05) is 31.9 Å². The molecule has 0 bridgehead atoms. The zero-order valence-electron chi connectivity index (χ0n) is 10.9. The van der Waals surface area contributed by atoms with Crippen molar-refractivity contribution < 1.29 is 14.7 Å². The maximum absolute atomic E-state index is 12.3. The van der Waals surface area contributed by atoms with Crippen molar-refractivity contribution in [3.05, 3.63) is 24.0 Å². The fraction of sp³-hybridized carbons (Fsp3) is 0.462. The van der Waals surface area contributed by atoms with Crippen LogP contribution in [0, 0.1) is 11.8 Å². The lowest BCUT2D eigenvalue weighted by molar-refractivity contribution is 0.0768. The highest BCUT2D eigenvalue weighted by Gasteiger charge is 2.43. The number of hydrogen-bond acceptors (Lipinski definition) is 4. The Balaban J connectivity index is 1.66. The monoisotopic (exact) mass is 276 g/mol. The second kappa shape index (κ2) is 4.66. The van der Waals surface area contributed by atoms with E-state index in [1.54, 1.807) is 17.0 Å². The van der Waals surface area contributed by atoms with Gasteiger partial charge in [0.25, 0.3) is 5.91 Å². The maximum Gasteiger partial charge on any atom is 0.407 e. The second-order valence-electron chi connectivity index (χ2n) is 5.39. The molecule has 0 aromatic carbocycles. The number of pyridine rings is 1. The Bertz CT molecular complexity index is 531. The van der Waals surface area contributed by atoms with Gasteiger partial charge in [-0.05, 0) is 12.1 Å². The molecule has 2 saturated heterocycles. The van der Waals surface area contributed by atoms with E-state index in [1.165, 1.54) is 11.1 Å². The molecule has 7 nitrogen and oxygen atoms in total. The number of nitrogen functional groups attached to an aromatic ring is 1. The summed E-state index contributed by atoms with van der Waals surface area (Å²) in [6.07, 6.45) is 0.591. The molecule has 0 saturated carbocycles. The van der Waals surface area contributed by atoms with Gasteiger partial charge in [0.05, 0.1) is 11.9 Å². The second-order valence-corrected chi connectivity index (χ2v) is 5.39. The smallest absolute Gasteiger partial charge is 0.407 e. The lowest BCUT2D eigenvalue weighted by Gasteiger charge is -2.19. The molecule has 2 aliphatic rings. The molecule has 3 N–H and O–H groups in total. The number of likely N-dealkylation sites (tertiary alicyclic amines) is 2. The van der Waals surface area contributed by atoms with Crippen LogP contribution in [-0.2, 0) is 0 Å². The number of anilines is 1. The van der Waals surface area contributed by atoms with E-state index in [4.69, 9.17) is 10.8 Å². The first-order chi connectivity index (χ1) is 9.54. The van der Waals surface area contributed by atoms with Crippen LogP contribution in [0.25, 0.3) is 0 Å². The third-order valence-electron chi connectivity index (χ3n) is 4.05. The summed E-state index contributed by atoms with van der Waals surface area (Å²) in [6.45, 7) is 2.22. The highest BCUT2D eigenvalue weighted by atomic mass is 16.4. The van der Waals surface area contributed by atoms with Crippen molar-refractivity contribution in [1.29, 1.82) is 0 Å². The average molecular weight is 276 g/mol. The third kappa shape index (κ3) is 2.15. The first kappa shape index (κ1) is 12.7. The minimum atomic E-state index is -0.877. The largest absolute Gasteiger partial charge is 0.465 e. The van der Waals surface area contributed by atoms with E-state index in [-0.39, 0.29) is 17.7 Å². The molecule has 20 heavy (non-hydrogen) atoms. The van der Waals surface area contributed by atoms with Gasteiger partial charge in [-0.25, -0.2) is 9.78 Å². The van der Waals surface area contributed by atoms with Crippen LogP contribution in [0.3, 0.4) is 0 Å². The van der Waals surface area contributed by atoms with Crippen molar-refractivity contribution in [1.82, 2.24) is 14.8 Å². The topological polar surface area (TPSA) is 99.8 Å². The molecule has 3 heterocycles. The van der Waals surface area contributed by atoms with Gasteiger partial charge in [-0.15, -0.1) is 0 Å². The van der Waals surface area contributed by atoms with Gasteiger partial charge >= 0.3 is 6.09 Å². The minimum Gasteiger partial charge on any atom is -0.465 e. The number of nitrogens with zero attached hydrogens (tertiary/aromatic N) is 3. The van der Waals surface area contributed by atoms with Crippen LogP contribution < -0.4 is 5.73 Å². The molecule has 2 atom stereocenters. The zero-order chi connectivity index (χ0) is 14.3. The van der Waals surface area contributed by atoms with Crippen molar-refractivity contribution in [3.8, 4) is 0 Å². The lowest BCUT2D eigenvalue weighted by Crippen LogP contribution is -2.35. The summed E-state index contributed by atoms with van der Waals surface area (Å²) in [5.41, 5.74) is 6.46. The van der Waals surface area contributed by atoms with Crippen LogP contribution in [0.1, 0.15) is 10.5 Å². The first-order valence-electron chi connectivity index (χ1n) is 6.53. The summed E-state index contributed by atoms with van der Waals surface area (Å²) in [6, 6.07) is 3.28. The Labute approximate surface area is 116 Å². The molecule has 1 aromatic heterocycles. The van der Waals surface area contributed by atoms with E-state index in [2.05, 4.69) is 4.98 Å². The Morgan fingerprint density at radius 1 is 1.15 bits per heavy atom. The summed E-state index contributed by atoms with van der Waals surface area (Å²) in [7, 11) is 0. The van der Waals surface area contributed by atoms with Crippen molar-refractivity contribution in [2.24, 2.45) is 11.8 Å². The molecular formula is C13H16N4O3. The standard InChI is InChI=1S/C13H16N4O3/c14-10-1-2-11(15-3-10)12(18)16-4-8-6-17(13(19)20)7-9(8)5-16/h1-3,8-9H,4-7,14H2,(H,19,20)/t8-,9+. The highest BCUT2D eigenvalue weighted by molar-refractivity contribution is 5.92. The molecular weight excluding hydrogens is 260 g/mol. The van der Waals surface area contributed by atoms with E-state index >= 15 is 0 Å². The molecule has 0 radical (unpaired) electrons. The number of rotatable bonds is 1. The molecule has 7 heteroatoms. The van der Waals surface area contributed by atoms with Gasteiger partial charge in [0, 0.05) is 38.0 Å². The minimum absolute atomic E-state index is 0.110. The summed E-state index contributed by atoms with van der Waals surface area (Å²) >= 11 is 0. The Morgan fingerprint density at radius 3 is 2.25 bits per heavy atom. The Kier molecular flexibility index (Phi) is 2.96. The van der Waals surface area contributed by atoms with Gasteiger partial charge in [-0.2, -0.15) is 0 Å². The van der Waals surface area contributed by atoms with Crippen LogP contribution in [0.5, 0.6) is 0 Å². The van der Waals surface area contributed by atoms with Gasteiger partial charge < -0.3 is 20.6 Å². The molecule has 2 amide bonds. The van der Waals surface area contributed by atoms with Crippen molar-refractivity contribution >= 4 is 17.7 Å². The molecule has 3 rings (SSSR count). The number of carbonyl (C=O) groups excluding carboxylic acids is 1. The van der Waals surface area contributed by atoms with E-state index in [9.17, 15) is 9.59 Å². The molecule has 1 aromatic rings. The van der Waals surface area contributed by atoms with Crippen LogP contribution in [0.15, 0.2) is 18.3 Å². The van der Waals surface area contributed by atoms with Gasteiger partial charge in [0.15, 0.2) is 0 Å². The molecule has 0 aliphatic carbocycles. The van der Waals surface area contributed by atoms with Gasteiger partial charge in [0.1, 0.15) is 5.69 Å². The summed E-state index contributed by atoms with van der Waals surface area (Å²) in [5, 5.41) is 8.97. The Morgan fingerprint density at radius 2 is 1.75 bits per heavy atom. The molecule has 0 unspecified atom stereocenters. The van der Waals surface area contributed by atoms with Gasteiger partial charge in [-0.3, -0.25) is 4.79 Å². The zero-order valence-corrected chi connectivity index (χ0v) is 10.9. The van der Waals surface area contributed by atoms with Crippen LogP contribution >= 0.6 is 0 Å². The number of nitrogens with two attached hydrogens (primary N) is 1. The van der Waals surface area contributed by atoms with E-state index in [0.29, 0.717) is 37.6 Å². The van der Waals surface area contributed by atoms with Crippen molar-refractivity contribution in [2.45, 2.75) is 0 Å². The summed E-state index contributed by atoms with van der Waals surface area (Å²) in [4.78, 5) is 30.4. The quantitative estimate of drug-likeness (QED) is 0.770. The number of aromatic nitrogens is 1. The molecule has 0 spiro atoms. The number of fused-ring (bicyclic) bond motifs is 1. The highest BCUT2D eigenvalue weighted by Crippen LogP contribution is 2.31. The number of carbonyl (C=O) groups is 2. The predicted octanol–water partition coefficient (Wildman–Crippen LogP) is 0.346. The fourth-order valence-electron chi connectivity index (χ4n) is 3.01. The Hall–Kier alpha value is -2.31. The SMILES string of the molecule is Nc1ccc(C(=O)N2C[C@H]3CN(C(=O)O)C[C@H]3C2)nc1. The van der Waals surface area contributed by atoms with E-state index < -0.39 is 6.09 Å². The molecule has 2 fully saturated rings.